The molecule has 0 fully saturated rings. The standard InChI is InChI=1S/C12H16O2S/c1-9-8-10-6-4-5-7-11(10)15(13,14)12(9,2)3/h4-7,9H,8H2,1-3H3. The Morgan fingerprint density at radius 1 is 1.27 bits per heavy atom. The van der Waals surface area contributed by atoms with Crippen molar-refractivity contribution in [3.05, 3.63) is 29.8 Å². The van der Waals surface area contributed by atoms with E-state index in [0.29, 0.717) is 4.90 Å². The average molecular weight is 224 g/mol. The molecule has 0 bridgehead atoms. The minimum Gasteiger partial charge on any atom is -0.223 e. The molecular weight excluding hydrogens is 208 g/mol. The van der Waals surface area contributed by atoms with Crippen LogP contribution in [0.4, 0.5) is 0 Å². The van der Waals surface area contributed by atoms with Gasteiger partial charge in [-0.25, -0.2) is 8.42 Å². The van der Waals surface area contributed by atoms with Gasteiger partial charge in [-0.1, -0.05) is 25.1 Å². The van der Waals surface area contributed by atoms with E-state index in [4.69, 9.17) is 0 Å². The molecular formula is C12H16O2S. The topological polar surface area (TPSA) is 34.1 Å². The summed E-state index contributed by atoms with van der Waals surface area (Å²) in [5.41, 5.74) is 0.962. The second-order valence-corrected chi connectivity index (χ2v) is 7.32. The second-order valence-electron chi connectivity index (χ2n) is 4.82. The molecule has 3 heteroatoms. The Balaban J connectivity index is 2.73. The number of hydrogen-bond donors (Lipinski definition) is 0. The molecule has 1 heterocycles. The summed E-state index contributed by atoms with van der Waals surface area (Å²) in [5.74, 6) is 0.164. The molecule has 1 aromatic rings. The zero-order valence-electron chi connectivity index (χ0n) is 9.32. The van der Waals surface area contributed by atoms with Crippen LogP contribution in [0.15, 0.2) is 29.2 Å². The molecule has 0 amide bonds. The molecule has 15 heavy (non-hydrogen) atoms. The summed E-state index contributed by atoms with van der Waals surface area (Å²) >= 11 is 0. The lowest BCUT2D eigenvalue weighted by Crippen LogP contribution is -2.43. The first-order valence-electron chi connectivity index (χ1n) is 5.20. The van der Waals surface area contributed by atoms with Crippen molar-refractivity contribution in [2.24, 2.45) is 5.92 Å². The molecule has 0 aliphatic carbocycles. The molecule has 0 saturated carbocycles. The van der Waals surface area contributed by atoms with Crippen molar-refractivity contribution in [3.8, 4) is 0 Å². The lowest BCUT2D eigenvalue weighted by Gasteiger charge is -2.36. The van der Waals surface area contributed by atoms with Gasteiger partial charge in [-0.15, -0.1) is 0 Å². The molecule has 0 saturated heterocycles. The molecule has 0 N–H and O–H groups in total. The van der Waals surface area contributed by atoms with Crippen molar-refractivity contribution in [1.29, 1.82) is 0 Å². The third kappa shape index (κ3) is 1.33. The number of sulfone groups is 1. The number of fused-ring (bicyclic) bond motifs is 1. The van der Waals surface area contributed by atoms with Gasteiger partial charge in [-0.2, -0.15) is 0 Å². The summed E-state index contributed by atoms with van der Waals surface area (Å²) < 4.78 is 24.0. The third-order valence-corrected chi connectivity index (χ3v) is 6.43. The van der Waals surface area contributed by atoms with E-state index < -0.39 is 14.6 Å². The highest BCUT2D eigenvalue weighted by atomic mass is 32.2. The first-order chi connectivity index (χ1) is 6.87. The minimum absolute atomic E-state index is 0.164. The number of benzene rings is 1. The van der Waals surface area contributed by atoms with Crippen molar-refractivity contribution < 1.29 is 8.42 Å². The Hall–Kier alpha value is -0.830. The summed E-state index contributed by atoms with van der Waals surface area (Å²) in [6.45, 7) is 5.65. The number of rotatable bonds is 0. The molecule has 0 aromatic heterocycles. The Morgan fingerprint density at radius 3 is 2.53 bits per heavy atom. The first-order valence-corrected chi connectivity index (χ1v) is 6.68. The van der Waals surface area contributed by atoms with Crippen LogP contribution in [-0.4, -0.2) is 13.2 Å². The molecule has 2 nitrogen and oxygen atoms in total. The van der Waals surface area contributed by atoms with Crippen LogP contribution in [-0.2, 0) is 16.3 Å². The van der Waals surface area contributed by atoms with E-state index in [1.807, 2.05) is 32.9 Å². The average Bonchev–Trinajstić information content (AvgIpc) is 2.16. The van der Waals surface area contributed by atoms with Crippen molar-refractivity contribution in [3.63, 3.8) is 0 Å². The van der Waals surface area contributed by atoms with Crippen LogP contribution in [0.2, 0.25) is 0 Å². The summed E-state index contributed by atoms with van der Waals surface area (Å²) in [7, 11) is -3.17. The van der Waals surface area contributed by atoms with Crippen molar-refractivity contribution in [1.82, 2.24) is 0 Å². The zero-order valence-corrected chi connectivity index (χ0v) is 10.1. The third-order valence-electron chi connectivity index (χ3n) is 3.67. The van der Waals surface area contributed by atoms with Crippen LogP contribution in [0.25, 0.3) is 0 Å². The molecule has 1 aromatic carbocycles. The molecule has 1 aliphatic rings. The van der Waals surface area contributed by atoms with Gasteiger partial charge in [-0.3, -0.25) is 0 Å². The van der Waals surface area contributed by atoms with Gasteiger partial charge in [0.05, 0.1) is 9.64 Å². The Kier molecular flexibility index (Phi) is 2.19. The highest BCUT2D eigenvalue weighted by Crippen LogP contribution is 2.40. The lowest BCUT2D eigenvalue weighted by molar-refractivity contribution is 0.407. The quantitative estimate of drug-likeness (QED) is 0.678. The second kappa shape index (κ2) is 3.08. The molecule has 1 atom stereocenters. The maximum atomic E-state index is 12.3. The Morgan fingerprint density at radius 2 is 1.87 bits per heavy atom. The van der Waals surface area contributed by atoms with Crippen molar-refractivity contribution in [2.75, 3.05) is 0 Å². The van der Waals surface area contributed by atoms with Gasteiger partial charge in [0, 0.05) is 0 Å². The fourth-order valence-corrected chi connectivity index (χ4v) is 3.99. The molecule has 82 valence electrons. The van der Waals surface area contributed by atoms with Gasteiger partial charge in [0.15, 0.2) is 9.84 Å². The minimum atomic E-state index is -3.17. The molecule has 1 unspecified atom stereocenters. The van der Waals surface area contributed by atoms with Gasteiger partial charge in [-0.05, 0) is 37.8 Å². The SMILES string of the molecule is CC1Cc2ccccc2S(=O)(=O)C1(C)C. The van der Waals surface area contributed by atoms with Crippen molar-refractivity contribution >= 4 is 9.84 Å². The summed E-state index contributed by atoms with van der Waals surface area (Å²) in [6.07, 6.45) is 0.850. The highest BCUT2D eigenvalue weighted by Gasteiger charge is 2.45. The summed E-state index contributed by atoms with van der Waals surface area (Å²) in [4.78, 5) is 0.521. The Labute approximate surface area is 91.2 Å². The monoisotopic (exact) mass is 224 g/mol. The normalized spacial score (nSPS) is 27.0. The van der Waals surface area contributed by atoms with E-state index in [0.717, 1.165) is 12.0 Å². The molecule has 2 rings (SSSR count). The van der Waals surface area contributed by atoms with Gasteiger partial charge < -0.3 is 0 Å². The predicted molar refractivity (Wildman–Crippen MR) is 60.6 cm³/mol. The van der Waals surface area contributed by atoms with E-state index in [2.05, 4.69) is 0 Å². The number of hydrogen-bond acceptors (Lipinski definition) is 2. The van der Waals surface area contributed by atoms with Gasteiger partial charge in [0.2, 0.25) is 0 Å². The smallest absolute Gasteiger partial charge is 0.184 e. The molecule has 0 radical (unpaired) electrons. The Bertz CT molecular complexity index is 486. The van der Waals surface area contributed by atoms with E-state index in [1.165, 1.54) is 0 Å². The van der Waals surface area contributed by atoms with E-state index in [9.17, 15) is 8.42 Å². The van der Waals surface area contributed by atoms with E-state index in [1.54, 1.807) is 12.1 Å². The van der Waals surface area contributed by atoms with Gasteiger partial charge in [0.1, 0.15) is 0 Å². The van der Waals surface area contributed by atoms with Crippen LogP contribution in [0.1, 0.15) is 26.3 Å². The van der Waals surface area contributed by atoms with Crippen LogP contribution in [0.5, 0.6) is 0 Å². The molecule has 1 aliphatic heterocycles. The fraction of sp³-hybridized carbons (Fsp3) is 0.500. The largest absolute Gasteiger partial charge is 0.223 e. The van der Waals surface area contributed by atoms with Crippen molar-refractivity contribution in [2.45, 2.75) is 36.8 Å². The summed E-state index contributed by atoms with van der Waals surface area (Å²) in [5, 5.41) is 0. The maximum Gasteiger partial charge on any atom is 0.184 e. The van der Waals surface area contributed by atoms with Crippen LogP contribution in [0.3, 0.4) is 0 Å². The van der Waals surface area contributed by atoms with Crippen LogP contribution >= 0.6 is 0 Å². The summed E-state index contributed by atoms with van der Waals surface area (Å²) in [6, 6.07) is 7.33. The van der Waals surface area contributed by atoms with Crippen LogP contribution in [0, 0.1) is 5.92 Å². The highest BCUT2D eigenvalue weighted by molar-refractivity contribution is 7.93. The maximum absolute atomic E-state index is 12.3. The van der Waals surface area contributed by atoms with Crippen LogP contribution < -0.4 is 0 Å². The van der Waals surface area contributed by atoms with Gasteiger partial charge >= 0.3 is 0 Å². The van der Waals surface area contributed by atoms with E-state index in [-0.39, 0.29) is 5.92 Å². The fourth-order valence-electron chi connectivity index (χ4n) is 2.06. The predicted octanol–water partition coefficient (Wildman–Crippen LogP) is 2.43. The van der Waals surface area contributed by atoms with E-state index >= 15 is 0 Å². The van der Waals surface area contributed by atoms with Gasteiger partial charge in [0.25, 0.3) is 0 Å². The lowest BCUT2D eigenvalue weighted by atomic mass is 9.89. The molecule has 0 spiro atoms. The first kappa shape index (κ1) is 10.7. The zero-order chi connectivity index (χ0) is 11.3.